The molecule has 1 aliphatic heterocycles. The highest BCUT2D eigenvalue weighted by atomic mass is 35.5. The molecule has 43 heavy (non-hydrogen) atoms. The van der Waals surface area contributed by atoms with Gasteiger partial charge in [0.25, 0.3) is 5.91 Å². The fourth-order valence-electron chi connectivity index (χ4n) is 5.01. The van der Waals surface area contributed by atoms with Crippen molar-refractivity contribution >= 4 is 51.3 Å². The minimum absolute atomic E-state index is 0. The van der Waals surface area contributed by atoms with Gasteiger partial charge in [0.15, 0.2) is 0 Å². The van der Waals surface area contributed by atoms with Crippen LogP contribution in [0.3, 0.4) is 0 Å². The van der Waals surface area contributed by atoms with Crippen LogP contribution in [0.2, 0.25) is 5.02 Å². The molecule has 234 valence electrons. The first kappa shape index (κ1) is 34.5. The van der Waals surface area contributed by atoms with Gasteiger partial charge in [0.2, 0.25) is 10.0 Å². The van der Waals surface area contributed by atoms with E-state index in [0.29, 0.717) is 54.4 Å². The monoisotopic (exact) mass is 650 g/mol. The molecule has 2 atom stereocenters. The van der Waals surface area contributed by atoms with Crippen molar-refractivity contribution in [1.82, 2.24) is 10.6 Å². The van der Waals surface area contributed by atoms with Crippen molar-refractivity contribution < 1.29 is 23.1 Å². The Morgan fingerprint density at radius 1 is 1.07 bits per heavy atom. The normalized spacial score (nSPS) is 15.6. The smallest absolute Gasteiger partial charge is 0.251 e. The Kier molecular flexibility index (Phi) is 13.0. The van der Waals surface area contributed by atoms with Crippen LogP contribution < -0.4 is 25.0 Å². The van der Waals surface area contributed by atoms with Gasteiger partial charge >= 0.3 is 0 Å². The molecule has 0 radical (unpaired) electrons. The molecule has 12 heteroatoms. The van der Waals surface area contributed by atoms with Gasteiger partial charge in [0, 0.05) is 42.5 Å². The number of aliphatic hydroxyl groups excluding tert-OH is 1. The number of halogens is 2. The van der Waals surface area contributed by atoms with E-state index in [-0.39, 0.29) is 24.7 Å². The van der Waals surface area contributed by atoms with E-state index in [4.69, 9.17) is 16.3 Å². The van der Waals surface area contributed by atoms with Crippen LogP contribution in [-0.4, -0.2) is 64.1 Å². The third-order valence-corrected chi connectivity index (χ3v) is 9.25. The number of aliphatic hydroxyl groups is 1. The molecule has 3 aromatic carbocycles. The maximum absolute atomic E-state index is 13.7. The zero-order valence-corrected chi connectivity index (χ0v) is 26.8. The average Bonchev–Trinajstić information content (AvgIpc) is 2.96. The highest BCUT2D eigenvalue weighted by Gasteiger charge is 2.28. The highest BCUT2D eigenvalue weighted by Crippen LogP contribution is 2.28. The molecule has 3 aromatic rings. The SMILES string of the molecule is CCNc1cc(C(=O)N[C@@H](Cc2cccc(Cl)c2)[C@H](O)CNCc2cccc(OC)c2)cc(N2CCCCS2(=O)=O)c1.Cl. The molecule has 0 spiro atoms. The number of ether oxygens (including phenoxy) is 1. The number of carbonyl (C=O) groups excluding carboxylic acids is 1. The molecule has 1 aliphatic rings. The number of anilines is 2. The average molecular weight is 652 g/mol. The lowest BCUT2D eigenvalue weighted by Crippen LogP contribution is -2.48. The highest BCUT2D eigenvalue weighted by molar-refractivity contribution is 7.92. The third kappa shape index (κ3) is 9.74. The zero-order valence-electron chi connectivity index (χ0n) is 24.4. The van der Waals surface area contributed by atoms with Gasteiger partial charge in [-0.15, -0.1) is 12.4 Å². The predicted octanol–water partition coefficient (Wildman–Crippen LogP) is 4.62. The number of amides is 1. The summed E-state index contributed by atoms with van der Waals surface area (Å²) >= 11 is 6.21. The standard InChI is InChI=1S/C31H39ClN4O5S.ClH/c1-3-34-26-17-24(18-27(19-26)36-12-4-5-13-42(36,39)40)31(38)35-29(16-22-8-6-10-25(32)14-22)30(37)21-33-20-23-9-7-11-28(15-23)41-2;/h6-11,14-15,17-19,29-30,33-34,37H,3-5,12-13,16,20-21H2,1-2H3,(H,35,38);1H/t29-,30+;/m0./s1. The van der Waals surface area contributed by atoms with Gasteiger partial charge in [-0.1, -0.05) is 35.9 Å². The number of nitrogens with zero attached hydrogens (tertiary/aromatic N) is 1. The van der Waals surface area contributed by atoms with E-state index in [0.717, 1.165) is 23.3 Å². The Balaban J connectivity index is 0.00000506. The number of hydrogen-bond acceptors (Lipinski definition) is 7. The summed E-state index contributed by atoms with van der Waals surface area (Å²) in [7, 11) is -1.85. The number of carbonyl (C=O) groups is 1. The first-order valence-electron chi connectivity index (χ1n) is 14.1. The molecule has 1 fully saturated rings. The second-order valence-electron chi connectivity index (χ2n) is 10.4. The lowest BCUT2D eigenvalue weighted by Gasteiger charge is -2.29. The molecular weight excluding hydrogens is 611 g/mol. The third-order valence-electron chi connectivity index (χ3n) is 7.14. The lowest BCUT2D eigenvalue weighted by molar-refractivity contribution is 0.0830. The molecule has 4 N–H and O–H groups in total. The maximum Gasteiger partial charge on any atom is 0.251 e. The molecule has 0 aliphatic carbocycles. The molecule has 1 amide bonds. The van der Waals surface area contributed by atoms with E-state index in [1.165, 1.54) is 4.31 Å². The van der Waals surface area contributed by atoms with Crippen LogP contribution in [0.1, 0.15) is 41.3 Å². The molecule has 0 bridgehead atoms. The molecule has 0 saturated carbocycles. The number of rotatable bonds is 13. The first-order valence-corrected chi connectivity index (χ1v) is 16.1. The Labute approximate surface area is 265 Å². The summed E-state index contributed by atoms with van der Waals surface area (Å²) in [6.45, 7) is 3.63. The summed E-state index contributed by atoms with van der Waals surface area (Å²) in [4.78, 5) is 13.7. The van der Waals surface area contributed by atoms with Gasteiger partial charge < -0.3 is 25.8 Å². The van der Waals surface area contributed by atoms with Gasteiger partial charge in [-0.3, -0.25) is 9.10 Å². The Hall–Kier alpha value is -3.02. The quantitative estimate of drug-likeness (QED) is 0.213. The van der Waals surface area contributed by atoms with E-state index in [9.17, 15) is 18.3 Å². The van der Waals surface area contributed by atoms with E-state index < -0.39 is 28.1 Å². The van der Waals surface area contributed by atoms with E-state index in [2.05, 4.69) is 16.0 Å². The number of sulfonamides is 1. The van der Waals surface area contributed by atoms with Crippen molar-refractivity contribution in [2.24, 2.45) is 0 Å². The van der Waals surface area contributed by atoms with Crippen molar-refractivity contribution in [1.29, 1.82) is 0 Å². The molecule has 1 heterocycles. The van der Waals surface area contributed by atoms with Crippen LogP contribution >= 0.6 is 24.0 Å². The van der Waals surface area contributed by atoms with E-state index >= 15 is 0 Å². The summed E-state index contributed by atoms with van der Waals surface area (Å²) < 4.78 is 32.3. The van der Waals surface area contributed by atoms with Gasteiger partial charge in [0.05, 0.1) is 30.7 Å². The van der Waals surface area contributed by atoms with Crippen molar-refractivity contribution in [3.63, 3.8) is 0 Å². The van der Waals surface area contributed by atoms with Crippen LogP contribution in [0, 0.1) is 0 Å². The minimum atomic E-state index is -3.46. The summed E-state index contributed by atoms with van der Waals surface area (Å²) in [6.07, 6.45) is 0.781. The van der Waals surface area contributed by atoms with Gasteiger partial charge in [-0.25, -0.2) is 8.42 Å². The van der Waals surface area contributed by atoms with Gasteiger partial charge in [-0.2, -0.15) is 0 Å². The number of benzene rings is 3. The Morgan fingerprint density at radius 2 is 1.84 bits per heavy atom. The molecule has 0 unspecified atom stereocenters. The number of methoxy groups -OCH3 is 1. The Morgan fingerprint density at radius 3 is 2.56 bits per heavy atom. The Bertz CT molecular complexity index is 1470. The van der Waals surface area contributed by atoms with E-state index in [1.54, 1.807) is 31.4 Å². The molecule has 0 aromatic heterocycles. The fourth-order valence-corrected chi connectivity index (χ4v) is 6.85. The van der Waals surface area contributed by atoms with Crippen molar-refractivity contribution in [2.45, 2.75) is 44.9 Å². The van der Waals surface area contributed by atoms with Crippen molar-refractivity contribution in [3.05, 3.63) is 88.4 Å². The molecule has 9 nitrogen and oxygen atoms in total. The van der Waals surface area contributed by atoms with E-state index in [1.807, 2.05) is 49.4 Å². The summed E-state index contributed by atoms with van der Waals surface area (Å²) in [5, 5.41) is 21.3. The van der Waals surface area contributed by atoms with Crippen LogP contribution in [0.5, 0.6) is 5.75 Å². The molecule has 1 saturated heterocycles. The largest absolute Gasteiger partial charge is 0.497 e. The number of hydrogen-bond donors (Lipinski definition) is 4. The van der Waals surface area contributed by atoms with Crippen LogP contribution in [0.25, 0.3) is 0 Å². The van der Waals surface area contributed by atoms with Gasteiger partial charge in [0.1, 0.15) is 5.75 Å². The van der Waals surface area contributed by atoms with Crippen molar-refractivity contribution in [2.75, 3.05) is 42.1 Å². The van der Waals surface area contributed by atoms with Crippen molar-refractivity contribution in [3.8, 4) is 5.75 Å². The maximum atomic E-state index is 13.7. The molecular formula is C31H40Cl2N4O5S. The number of nitrogens with one attached hydrogen (secondary N) is 3. The fraction of sp³-hybridized carbons (Fsp3) is 0.387. The topological polar surface area (TPSA) is 120 Å². The second-order valence-corrected chi connectivity index (χ2v) is 12.8. The predicted molar refractivity (Wildman–Crippen MR) is 175 cm³/mol. The second kappa shape index (κ2) is 16.2. The summed E-state index contributed by atoms with van der Waals surface area (Å²) in [5.74, 6) is 0.415. The first-order chi connectivity index (χ1) is 20.2. The lowest BCUT2D eigenvalue weighted by atomic mass is 10.00. The van der Waals surface area contributed by atoms with Gasteiger partial charge in [-0.05, 0) is 79.8 Å². The minimum Gasteiger partial charge on any atom is -0.497 e. The van der Waals surface area contributed by atoms with Crippen LogP contribution in [0.15, 0.2) is 66.7 Å². The van der Waals surface area contributed by atoms with Crippen LogP contribution in [0.4, 0.5) is 11.4 Å². The molecule has 4 rings (SSSR count). The summed E-state index contributed by atoms with van der Waals surface area (Å²) in [5.41, 5.74) is 3.26. The summed E-state index contributed by atoms with van der Waals surface area (Å²) in [6, 6.07) is 19.4. The van der Waals surface area contributed by atoms with Crippen LogP contribution in [-0.2, 0) is 23.0 Å². The zero-order chi connectivity index (χ0) is 30.1.